The molecule has 0 nitrogen and oxygen atoms in total. The van der Waals surface area contributed by atoms with E-state index in [1.807, 2.05) is 0 Å². The zero-order chi connectivity index (χ0) is 17.9. The van der Waals surface area contributed by atoms with Crippen LogP contribution in [0.2, 0.25) is 0 Å². The van der Waals surface area contributed by atoms with E-state index < -0.39 is 0 Å². The lowest BCUT2D eigenvalue weighted by molar-refractivity contribution is 0.449. The topological polar surface area (TPSA) is 0 Å². The Morgan fingerprint density at radius 2 is 0.875 bits per heavy atom. The number of rotatable bonds is 0. The minimum absolute atomic E-state index is 0.832. The maximum absolute atomic E-state index is 2.33. The summed E-state index contributed by atoms with van der Waals surface area (Å²) in [5.74, 6) is 5.19. The lowest BCUT2D eigenvalue weighted by Crippen LogP contribution is -2.04. The molecule has 0 aromatic heterocycles. The van der Waals surface area contributed by atoms with E-state index in [-0.39, 0.29) is 0 Å². The Bertz CT molecular complexity index is 362. The summed E-state index contributed by atoms with van der Waals surface area (Å²) in [6, 6.07) is 0. The summed E-state index contributed by atoms with van der Waals surface area (Å²) in [5.41, 5.74) is 0. The highest BCUT2D eigenvalue weighted by molar-refractivity contribution is 4.95. The molecule has 138 valence electrons. The summed E-state index contributed by atoms with van der Waals surface area (Å²) in [7, 11) is 0. The highest BCUT2D eigenvalue weighted by atomic mass is 14.1. The molecule has 0 radical (unpaired) electrons. The molecule has 0 bridgehead atoms. The first-order valence-electron chi connectivity index (χ1n) is 10.4. The van der Waals surface area contributed by atoms with Gasteiger partial charge in [0, 0.05) is 0 Å². The van der Waals surface area contributed by atoms with Crippen LogP contribution < -0.4 is 0 Å². The van der Waals surface area contributed by atoms with E-state index >= 15 is 0 Å². The molecule has 3 aliphatic rings. The number of hydrogen-bond acceptors (Lipinski definition) is 0. The van der Waals surface area contributed by atoms with Crippen molar-refractivity contribution in [3.05, 3.63) is 36.5 Å². The maximum atomic E-state index is 2.33. The molecule has 24 heavy (non-hydrogen) atoms. The maximum Gasteiger partial charge on any atom is -0.0259 e. The van der Waals surface area contributed by atoms with Crippen LogP contribution in [0.1, 0.15) is 80.1 Å². The van der Waals surface area contributed by atoms with Gasteiger partial charge in [-0.3, -0.25) is 0 Å². The summed E-state index contributed by atoms with van der Waals surface area (Å²) >= 11 is 0. The third-order valence-electron chi connectivity index (χ3n) is 5.40. The Hall–Kier alpha value is -0.780. The van der Waals surface area contributed by atoms with Crippen molar-refractivity contribution in [1.82, 2.24) is 0 Å². The van der Waals surface area contributed by atoms with Crippen molar-refractivity contribution in [2.24, 2.45) is 35.5 Å². The van der Waals surface area contributed by atoms with Crippen molar-refractivity contribution in [3.63, 3.8) is 0 Å². The summed E-state index contributed by atoms with van der Waals surface area (Å²) in [4.78, 5) is 0. The molecule has 0 spiro atoms. The molecule has 0 aliphatic heterocycles. The van der Waals surface area contributed by atoms with Crippen molar-refractivity contribution < 1.29 is 0 Å². The highest BCUT2D eigenvalue weighted by Gasteiger charge is 2.09. The van der Waals surface area contributed by atoms with Gasteiger partial charge >= 0.3 is 0 Å². The summed E-state index contributed by atoms with van der Waals surface area (Å²) in [5, 5.41) is 0. The summed E-state index contributed by atoms with van der Waals surface area (Å²) in [6.07, 6.45) is 22.0. The fraction of sp³-hybridized carbons (Fsp3) is 0.750. The van der Waals surface area contributed by atoms with E-state index in [1.54, 1.807) is 0 Å². The standard InChI is InChI=1S/3C8H14/c1-7-3-5-8(2)6-4-7;2*1-7-4-3-5-8(2)6-7/h3,5,7-8H,4,6H2,1-2H3;2*3-4,7-8H,5-6H2,1-2H3/t2*7-,8+;7-,8-/m.11/s1. The van der Waals surface area contributed by atoms with Crippen LogP contribution in [-0.2, 0) is 0 Å². The summed E-state index contributed by atoms with van der Waals surface area (Å²) in [6.45, 7) is 13.8. The number of allylic oxidation sites excluding steroid dienone is 6. The zero-order valence-electron chi connectivity index (χ0n) is 17.2. The Balaban J connectivity index is 0.000000180. The van der Waals surface area contributed by atoms with Gasteiger partial charge in [-0.1, -0.05) is 78.0 Å². The predicted octanol–water partition coefficient (Wildman–Crippen LogP) is 7.83. The molecular weight excluding hydrogens is 288 g/mol. The van der Waals surface area contributed by atoms with Crippen LogP contribution in [0.5, 0.6) is 0 Å². The van der Waals surface area contributed by atoms with E-state index in [0.717, 1.165) is 35.5 Å². The molecule has 3 aliphatic carbocycles. The largest absolute Gasteiger partial charge is 0.0880 e. The minimum atomic E-state index is 0.832. The second-order valence-electron chi connectivity index (χ2n) is 8.88. The molecule has 0 fully saturated rings. The zero-order valence-corrected chi connectivity index (χ0v) is 17.2. The van der Waals surface area contributed by atoms with Gasteiger partial charge < -0.3 is 0 Å². The SMILES string of the molecule is C[C@@H]1C=C[C@H](C)CC1.C[C@@H]1CC=C[C@@H](C)C1.C[C@H]1CC=C[C@@H](C)C1. The van der Waals surface area contributed by atoms with Crippen LogP contribution in [-0.4, -0.2) is 0 Å². The average molecular weight is 331 g/mol. The molecule has 0 aromatic carbocycles. The molecule has 0 heteroatoms. The van der Waals surface area contributed by atoms with Crippen LogP contribution in [0.3, 0.4) is 0 Å². The van der Waals surface area contributed by atoms with E-state index in [1.165, 1.54) is 38.5 Å². The van der Waals surface area contributed by atoms with Crippen molar-refractivity contribution in [3.8, 4) is 0 Å². The molecule has 0 unspecified atom stereocenters. The molecule has 0 heterocycles. The van der Waals surface area contributed by atoms with Gasteiger partial charge in [0.2, 0.25) is 0 Å². The van der Waals surface area contributed by atoms with Crippen molar-refractivity contribution in [2.75, 3.05) is 0 Å². The Morgan fingerprint density at radius 3 is 1.08 bits per heavy atom. The van der Waals surface area contributed by atoms with Gasteiger partial charge in [-0.25, -0.2) is 0 Å². The first-order chi connectivity index (χ1) is 11.4. The average Bonchev–Trinajstić information content (AvgIpc) is 2.51. The minimum Gasteiger partial charge on any atom is -0.0880 e. The van der Waals surface area contributed by atoms with Gasteiger partial charge in [-0.2, -0.15) is 0 Å². The van der Waals surface area contributed by atoms with E-state index in [2.05, 4.69) is 78.0 Å². The van der Waals surface area contributed by atoms with Crippen LogP contribution in [0, 0.1) is 35.5 Å². The fourth-order valence-electron chi connectivity index (χ4n) is 3.80. The third-order valence-corrected chi connectivity index (χ3v) is 5.40. The molecule has 0 N–H and O–H groups in total. The first kappa shape index (κ1) is 21.3. The monoisotopic (exact) mass is 330 g/mol. The van der Waals surface area contributed by atoms with E-state index in [9.17, 15) is 0 Å². The lowest BCUT2D eigenvalue weighted by atomic mass is 9.89. The predicted molar refractivity (Wildman–Crippen MR) is 110 cm³/mol. The van der Waals surface area contributed by atoms with Gasteiger partial charge in [-0.15, -0.1) is 0 Å². The van der Waals surface area contributed by atoms with E-state index in [4.69, 9.17) is 0 Å². The Labute approximate surface area is 152 Å². The van der Waals surface area contributed by atoms with E-state index in [0.29, 0.717) is 0 Å². The molecule has 0 aromatic rings. The molecule has 0 saturated carbocycles. The van der Waals surface area contributed by atoms with Gasteiger partial charge in [-0.05, 0) is 74.0 Å². The van der Waals surface area contributed by atoms with Gasteiger partial charge in [0.1, 0.15) is 0 Å². The van der Waals surface area contributed by atoms with Gasteiger partial charge in [0.25, 0.3) is 0 Å². The smallest absolute Gasteiger partial charge is 0.0259 e. The normalized spacial score (nSPS) is 37.8. The molecule has 3 rings (SSSR count). The molecule has 6 atom stereocenters. The highest BCUT2D eigenvalue weighted by Crippen LogP contribution is 2.22. The van der Waals surface area contributed by atoms with Crippen LogP contribution in [0.15, 0.2) is 36.5 Å². The van der Waals surface area contributed by atoms with Crippen molar-refractivity contribution >= 4 is 0 Å². The Morgan fingerprint density at radius 1 is 0.500 bits per heavy atom. The van der Waals surface area contributed by atoms with Crippen LogP contribution in [0.25, 0.3) is 0 Å². The second kappa shape index (κ2) is 11.7. The lowest BCUT2D eigenvalue weighted by Gasteiger charge is -2.16. The van der Waals surface area contributed by atoms with Crippen LogP contribution >= 0.6 is 0 Å². The quantitative estimate of drug-likeness (QED) is 0.397. The Kier molecular flexibility index (Phi) is 10.4. The van der Waals surface area contributed by atoms with Gasteiger partial charge in [0.15, 0.2) is 0 Å². The van der Waals surface area contributed by atoms with Crippen LogP contribution in [0.4, 0.5) is 0 Å². The molecule has 0 saturated heterocycles. The molecule has 0 amide bonds. The first-order valence-corrected chi connectivity index (χ1v) is 10.4. The van der Waals surface area contributed by atoms with Gasteiger partial charge in [0.05, 0.1) is 0 Å². The second-order valence-corrected chi connectivity index (χ2v) is 8.88. The summed E-state index contributed by atoms with van der Waals surface area (Å²) < 4.78 is 0. The van der Waals surface area contributed by atoms with Crippen molar-refractivity contribution in [1.29, 1.82) is 0 Å². The molecular formula is C24H42. The van der Waals surface area contributed by atoms with Crippen molar-refractivity contribution in [2.45, 2.75) is 80.1 Å². The third kappa shape index (κ3) is 10.2. The fourth-order valence-corrected chi connectivity index (χ4v) is 3.80. The number of hydrogen-bond donors (Lipinski definition) is 0.